The summed E-state index contributed by atoms with van der Waals surface area (Å²) >= 11 is 1.13. The fraction of sp³-hybridized carbons (Fsp3) is 0. The summed E-state index contributed by atoms with van der Waals surface area (Å²) in [7, 11) is 0. The van der Waals surface area contributed by atoms with Crippen molar-refractivity contribution in [3.63, 3.8) is 0 Å². The molecule has 0 unspecified atom stereocenters. The highest BCUT2D eigenvalue weighted by Gasteiger charge is 2.18. The van der Waals surface area contributed by atoms with Gasteiger partial charge in [-0.05, 0) is 12.1 Å². The number of hydrogen-bond donors (Lipinski definition) is 1. The van der Waals surface area contributed by atoms with Gasteiger partial charge in [0.25, 0.3) is 5.91 Å². The summed E-state index contributed by atoms with van der Waals surface area (Å²) in [6.45, 7) is 0. The van der Waals surface area contributed by atoms with Gasteiger partial charge < -0.3 is 5.73 Å². The number of nitriles is 1. The minimum absolute atomic E-state index is 0.179. The van der Waals surface area contributed by atoms with Crippen molar-refractivity contribution in [3.05, 3.63) is 47.5 Å². The summed E-state index contributed by atoms with van der Waals surface area (Å²) in [5.41, 5.74) is 7.05. The van der Waals surface area contributed by atoms with Crippen LogP contribution in [0, 0.1) is 11.3 Å². The van der Waals surface area contributed by atoms with Gasteiger partial charge in [-0.15, -0.1) is 0 Å². The third-order valence-corrected chi connectivity index (χ3v) is 3.77. The predicted octanol–water partition coefficient (Wildman–Crippen LogP) is 1.36. The number of benzene rings is 1. The Kier molecular flexibility index (Phi) is 3.17. The number of nitrogens with two attached hydrogens (primary N) is 1. The van der Waals surface area contributed by atoms with Crippen molar-refractivity contribution in [3.8, 4) is 22.3 Å². The Bertz CT molecular complexity index is 846. The molecule has 0 saturated heterocycles. The Morgan fingerprint density at radius 1 is 1.43 bits per heavy atom. The fourth-order valence-corrected chi connectivity index (χ4v) is 2.68. The summed E-state index contributed by atoms with van der Waals surface area (Å²) in [5, 5.41) is 13.8. The Hall–Kier alpha value is -3.05. The fourth-order valence-electron chi connectivity index (χ4n) is 1.81. The molecular weight excluding hydrogens is 288 g/mol. The predicted molar refractivity (Wildman–Crippen MR) is 75.7 cm³/mol. The highest BCUT2D eigenvalue weighted by molar-refractivity contribution is 7.16. The van der Waals surface area contributed by atoms with E-state index in [1.807, 2.05) is 0 Å². The molecule has 2 heterocycles. The average molecular weight is 296 g/mol. The maximum absolute atomic E-state index is 11.4. The topological polar surface area (TPSA) is 110 Å². The van der Waals surface area contributed by atoms with E-state index in [0.29, 0.717) is 21.8 Å². The van der Waals surface area contributed by atoms with E-state index >= 15 is 0 Å². The molecule has 0 atom stereocenters. The first-order valence-corrected chi connectivity index (χ1v) is 6.67. The van der Waals surface area contributed by atoms with Crippen molar-refractivity contribution < 1.29 is 4.79 Å². The number of carbonyl (C=O) groups is 1. The van der Waals surface area contributed by atoms with Crippen LogP contribution in [0.1, 0.15) is 15.4 Å². The van der Waals surface area contributed by atoms with Gasteiger partial charge in [-0.2, -0.15) is 10.4 Å². The zero-order chi connectivity index (χ0) is 14.8. The van der Waals surface area contributed by atoms with Crippen molar-refractivity contribution in [2.24, 2.45) is 5.73 Å². The maximum atomic E-state index is 11.4. The van der Waals surface area contributed by atoms with Crippen LogP contribution in [0.15, 0.2) is 36.9 Å². The second-order valence-corrected chi connectivity index (χ2v) is 5.05. The standard InChI is InChI=1S/C13H8N6OS/c14-5-8-2-1-3-9(4-8)10-13(19-7-16-6-17-19)21-12(18-10)11(15)20/h1-4,6-7H,(H2,15,20). The van der Waals surface area contributed by atoms with Crippen LogP contribution in [0.3, 0.4) is 0 Å². The van der Waals surface area contributed by atoms with E-state index in [4.69, 9.17) is 11.0 Å². The summed E-state index contributed by atoms with van der Waals surface area (Å²) < 4.78 is 1.51. The first kappa shape index (κ1) is 13.0. The molecule has 1 amide bonds. The molecule has 102 valence electrons. The molecule has 0 aliphatic heterocycles. The summed E-state index contributed by atoms with van der Waals surface area (Å²) in [4.78, 5) is 19.5. The monoisotopic (exact) mass is 296 g/mol. The van der Waals surface area contributed by atoms with Gasteiger partial charge in [-0.25, -0.2) is 14.6 Å². The number of primary amides is 1. The number of aromatic nitrogens is 4. The van der Waals surface area contributed by atoms with Crippen molar-refractivity contribution in [1.82, 2.24) is 19.7 Å². The minimum Gasteiger partial charge on any atom is -0.364 e. The molecule has 0 aliphatic rings. The molecule has 0 bridgehead atoms. The molecule has 2 N–H and O–H groups in total. The van der Waals surface area contributed by atoms with Gasteiger partial charge in [0.1, 0.15) is 23.3 Å². The molecule has 0 saturated carbocycles. The Morgan fingerprint density at radius 2 is 2.29 bits per heavy atom. The van der Waals surface area contributed by atoms with Crippen LogP contribution < -0.4 is 5.73 Å². The third-order valence-electron chi connectivity index (χ3n) is 2.71. The molecule has 0 spiro atoms. The largest absolute Gasteiger partial charge is 0.364 e. The first-order chi connectivity index (χ1) is 10.2. The Labute approximate surface area is 123 Å². The van der Waals surface area contributed by atoms with Gasteiger partial charge in [-0.1, -0.05) is 23.5 Å². The zero-order valence-corrected chi connectivity index (χ0v) is 11.4. The maximum Gasteiger partial charge on any atom is 0.277 e. The SMILES string of the molecule is N#Cc1cccc(-c2nc(C(N)=O)sc2-n2cncn2)c1. The lowest BCUT2D eigenvalue weighted by atomic mass is 10.1. The van der Waals surface area contributed by atoms with Crippen molar-refractivity contribution >= 4 is 17.2 Å². The van der Waals surface area contributed by atoms with Gasteiger partial charge in [0.05, 0.1) is 11.6 Å². The first-order valence-electron chi connectivity index (χ1n) is 5.85. The van der Waals surface area contributed by atoms with Gasteiger partial charge in [0.2, 0.25) is 0 Å². The van der Waals surface area contributed by atoms with Crippen molar-refractivity contribution in [2.45, 2.75) is 0 Å². The second-order valence-electron chi connectivity index (χ2n) is 4.07. The highest BCUT2D eigenvalue weighted by Crippen LogP contribution is 2.31. The van der Waals surface area contributed by atoms with Crippen molar-refractivity contribution in [2.75, 3.05) is 0 Å². The molecule has 7 nitrogen and oxygen atoms in total. The van der Waals surface area contributed by atoms with Crippen LogP contribution in [-0.2, 0) is 0 Å². The number of thiazole rings is 1. The number of carbonyl (C=O) groups excluding carboxylic acids is 1. The zero-order valence-electron chi connectivity index (χ0n) is 10.6. The highest BCUT2D eigenvalue weighted by atomic mass is 32.1. The Balaban J connectivity index is 2.21. The lowest BCUT2D eigenvalue weighted by Gasteiger charge is -2.02. The molecule has 8 heteroatoms. The number of rotatable bonds is 3. The van der Waals surface area contributed by atoms with Crippen LogP contribution >= 0.6 is 11.3 Å². The number of nitrogens with zero attached hydrogens (tertiary/aromatic N) is 5. The van der Waals surface area contributed by atoms with E-state index < -0.39 is 5.91 Å². The van der Waals surface area contributed by atoms with Gasteiger partial charge in [0, 0.05) is 5.56 Å². The van der Waals surface area contributed by atoms with E-state index in [0.717, 1.165) is 11.3 Å². The molecule has 0 fully saturated rings. The van der Waals surface area contributed by atoms with E-state index in [1.54, 1.807) is 24.3 Å². The number of amides is 1. The molecule has 21 heavy (non-hydrogen) atoms. The van der Waals surface area contributed by atoms with Crippen molar-refractivity contribution in [1.29, 1.82) is 5.26 Å². The molecule has 0 radical (unpaired) electrons. The van der Waals surface area contributed by atoms with Gasteiger partial charge in [0.15, 0.2) is 5.01 Å². The van der Waals surface area contributed by atoms with Gasteiger partial charge in [-0.3, -0.25) is 4.79 Å². The van der Waals surface area contributed by atoms with Gasteiger partial charge >= 0.3 is 0 Å². The van der Waals surface area contributed by atoms with Crippen LogP contribution in [0.25, 0.3) is 16.3 Å². The quantitative estimate of drug-likeness (QED) is 0.784. The van der Waals surface area contributed by atoms with E-state index in [-0.39, 0.29) is 5.01 Å². The van der Waals surface area contributed by atoms with Crippen LogP contribution in [-0.4, -0.2) is 25.7 Å². The molecule has 3 aromatic rings. The summed E-state index contributed by atoms with van der Waals surface area (Å²) in [6.07, 6.45) is 2.90. The number of hydrogen-bond acceptors (Lipinski definition) is 6. The second kappa shape index (κ2) is 5.15. The molecule has 3 rings (SSSR count). The molecular formula is C13H8N6OS. The minimum atomic E-state index is -0.607. The van der Waals surface area contributed by atoms with E-state index in [1.165, 1.54) is 17.3 Å². The van der Waals surface area contributed by atoms with E-state index in [9.17, 15) is 4.79 Å². The summed E-state index contributed by atoms with van der Waals surface area (Å²) in [5.74, 6) is -0.607. The Morgan fingerprint density at radius 3 is 2.95 bits per heavy atom. The van der Waals surface area contributed by atoms with E-state index in [2.05, 4.69) is 21.1 Å². The summed E-state index contributed by atoms with van der Waals surface area (Å²) in [6, 6.07) is 9.02. The normalized spacial score (nSPS) is 10.2. The molecule has 1 aromatic carbocycles. The molecule has 2 aromatic heterocycles. The third kappa shape index (κ3) is 2.37. The van der Waals surface area contributed by atoms with Crippen LogP contribution in [0.4, 0.5) is 0 Å². The average Bonchev–Trinajstić information content (AvgIpc) is 3.16. The van der Waals surface area contributed by atoms with Crippen LogP contribution in [0.5, 0.6) is 0 Å². The lowest BCUT2D eigenvalue weighted by molar-refractivity contribution is 0.1000. The van der Waals surface area contributed by atoms with Crippen LogP contribution in [0.2, 0.25) is 0 Å². The smallest absolute Gasteiger partial charge is 0.277 e. The lowest BCUT2D eigenvalue weighted by Crippen LogP contribution is -2.10. The molecule has 0 aliphatic carbocycles.